The number of rotatable bonds is 6. The lowest BCUT2D eigenvalue weighted by molar-refractivity contribution is 0.108. The Morgan fingerprint density at radius 2 is 2.00 bits per heavy atom. The van der Waals surface area contributed by atoms with Crippen molar-refractivity contribution in [2.45, 2.75) is 43.7 Å². The Morgan fingerprint density at radius 3 is 2.77 bits per heavy atom. The summed E-state index contributed by atoms with van der Waals surface area (Å²) in [4.78, 5) is 18.7. The summed E-state index contributed by atoms with van der Waals surface area (Å²) in [6.07, 6.45) is 7.20. The smallest absolute Gasteiger partial charge is 0.319 e. The first kappa shape index (κ1) is 26.1. The summed E-state index contributed by atoms with van der Waals surface area (Å²) < 4.78 is 22.9. The van der Waals surface area contributed by atoms with Crippen molar-refractivity contribution >= 4 is 50.7 Å². The molecule has 0 amide bonds. The van der Waals surface area contributed by atoms with E-state index in [1.165, 1.54) is 12.8 Å². The average Bonchev–Trinajstić information content (AvgIpc) is 3.69. The van der Waals surface area contributed by atoms with Crippen molar-refractivity contribution in [2.24, 2.45) is 0 Å². The number of anilines is 1. The summed E-state index contributed by atoms with van der Waals surface area (Å²) >= 11 is 12.8. The monoisotopic (exact) mass is 580 g/mol. The van der Waals surface area contributed by atoms with Crippen LogP contribution in [0.2, 0.25) is 10.0 Å². The molecular formula is C30H31Cl2FN6O. The average molecular weight is 582 g/mol. The number of hydrogen-bond acceptors (Lipinski definition) is 7. The van der Waals surface area contributed by atoms with Crippen molar-refractivity contribution in [3.05, 3.63) is 52.4 Å². The molecule has 3 saturated heterocycles. The molecule has 0 bridgehead atoms. The van der Waals surface area contributed by atoms with Crippen molar-refractivity contribution in [2.75, 3.05) is 44.7 Å². The zero-order valence-corrected chi connectivity index (χ0v) is 23.9. The summed E-state index contributed by atoms with van der Waals surface area (Å²) in [5.41, 5.74) is 0.986. The molecule has 208 valence electrons. The number of hydrogen-bond donors (Lipinski definition) is 1. The number of likely N-dealkylation sites (N-methyl/N-ethyl adjacent to an activating group) is 1. The van der Waals surface area contributed by atoms with Gasteiger partial charge in [-0.2, -0.15) is 9.97 Å². The van der Waals surface area contributed by atoms with Crippen LogP contribution in [0, 0.1) is 5.82 Å². The lowest BCUT2D eigenvalue weighted by Gasteiger charge is -2.31. The Labute approximate surface area is 242 Å². The molecule has 1 atom stereocenters. The SMILES string of the molecule is CN(c1nc(OCC23CCCN2CCC3)nc2c(F)c(-c3cccc4cc(Cl)cc(Cl)c34)ncc12)C1CCNC1. The Morgan fingerprint density at radius 1 is 1.18 bits per heavy atom. The molecule has 2 aromatic carbocycles. The van der Waals surface area contributed by atoms with Gasteiger partial charge in [-0.05, 0) is 69.3 Å². The fraction of sp³-hybridized carbons (Fsp3) is 0.433. The molecule has 0 radical (unpaired) electrons. The van der Waals surface area contributed by atoms with Crippen LogP contribution in [0.15, 0.2) is 36.5 Å². The molecule has 3 aliphatic heterocycles. The van der Waals surface area contributed by atoms with Gasteiger partial charge in [0.05, 0.1) is 15.9 Å². The van der Waals surface area contributed by atoms with Crippen molar-refractivity contribution < 1.29 is 9.13 Å². The van der Waals surface area contributed by atoms with Crippen LogP contribution in [0.25, 0.3) is 32.9 Å². The van der Waals surface area contributed by atoms with Gasteiger partial charge in [-0.25, -0.2) is 4.39 Å². The Kier molecular flexibility index (Phi) is 6.70. The van der Waals surface area contributed by atoms with E-state index in [1.807, 2.05) is 31.3 Å². The minimum absolute atomic E-state index is 0.0304. The maximum absolute atomic E-state index is 16.5. The topological polar surface area (TPSA) is 66.4 Å². The Balaban J connectivity index is 1.35. The van der Waals surface area contributed by atoms with E-state index in [0.29, 0.717) is 38.8 Å². The minimum Gasteiger partial charge on any atom is -0.461 e. The van der Waals surface area contributed by atoms with Gasteiger partial charge in [0.1, 0.15) is 23.6 Å². The molecule has 40 heavy (non-hydrogen) atoms. The van der Waals surface area contributed by atoms with Crippen molar-refractivity contribution in [3.63, 3.8) is 0 Å². The minimum atomic E-state index is -0.524. The van der Waals surface area contributed by atoms with Crippen LogP contribution in [0.1, 0.15) is 32.1 Å². The van der Waals surface area contributed by atoms with Crippen LogP contribution in [0.5, 0.6) is 6.01 Å². The maximum atomic E-state index is 16.5. The number of nitrogens with zero attached hydrogens (tertiary/aromatic N) is 5. The molecule has 3 fully saturated rings. The van der Waals surface area contributed by atoms with Crippen LogP contribution in [0.4, 0.5) is 10.2 Å². The first-order valence-electron chi connectivity index (χ1n) is 14.0. The highest BCUT2D eigenvalue weighted by atomic mass is 35.5. The molecule has 0 spiro atoms. The Bertz CT molecular complexity index is 1600. The molecule has 7 rings (SSSR count). The quantitative estimate of drug-likeness (QED) is 0.295. The van der Waals surface area contributed by atoms with Crippen LogP contribution in [-0.2, 0) is 0 Å². The zero-order valence-electron chi connectivity index (χ0n) is 22.4. The van der Waals surface area contributed by atoms with E-state index in [1.54, 1.807) is 12.3 Å². The summed E-state index contributed by atoms with van der Waals surface area (Å²) in [6.45, 7) is 4.48. The maximum Gasteiger partial charge on any atom is 0.319 e. The van der Waals surface area contributed by atoms with Crippen molar-refractivity contribution in [3.8, 4) is 17.3 Å². The van der Waals surface area contributed by atoms with Gasteiger partial charge in [0, 0.05) is 41.8 Å². The first-order valence-corrected chi connectivity index (χ1v) is 14.7. The number of halogens is 3. The summed E-state index contributed by atoms with van der Waals surface area (Å²) in [5, 5.41) is 6.43. The summed E-state index contributed by atoms with van der Waals surface area (Å²) in [6, 6.07) is 9.49. The second-order valence-electron chi connectivity index (χ2n) is 11.3. The predicted octanol–water partition coefficient (Wildman–Crippen LogP) is 6.10. The third-order valence-corrected chi connectivity index (χ3v) is 9.51. The third-order valence-electron chi connectivity index (χ3n) is 8.99. The van der Waals surface area contributed by atoms with E-state index in [-0.39, 0.29) is 28.8 Å². The first-order chi connectivity index (χ1) is 19.4. The van der Waals surface area contributed by atoms with E-state index >= 15 is 4.39 Å². The molecule has 0 aliphatic carbocycles. The highest BCUT2D eigenvalue weighted by Gasteiger charge is 2.45. The molecule has 1 unspecified atom stereocenters. The van der Waals surface area contributed by atoms with Crippen molar-refractivity contribution in [1.82, 2.24) is 25.2 Å². The van der Waals surface area contributed by atoms with E-state index < -0.39 is 5.82 Å². The highest BCUT2D eigenvalue weighted by molar-refractivity contribution is 6.39. The van der Waals surface area contributed by atoms with E-state index in [2.05, 4.69) is 25.1 Å². The number of benzene rings is 2. The van der Waals surface area contributed by atoms with Gasteiger partial charge in [-0.3, -0.25) is 9.88 Å². The molecule has 2 aromatic heterocycles. The van der Waals surface area contributed by atoms with Crippen molar-refractivity contribution in [1.29, 1.82) is 0 Å². The van der Waals surface area contributed by atoms with Crippen LogP contribution in [-0.4, -0.2) is 71.3 Å². The Hall–Kier alpha value is -2.78. The van der Waals surface area contributed by atoms with Gasteiger partial charge >= 0.3 is 6.01 Å². The standard InChI is InChI=1S/C30H31Cl2FN6O/c1-38(20-7-10-34-15-20)28-22-16-35-26(21-6-2-5-18-13-19(31)14-23(32)24(18)21)25(33)27(22)36-29(37-28)40-17-30-8-3-11-39(30)12-4-9-30/h2,5-6,13-14,16,20,34H,3-4,7-12,15,17H2,1H3. The van der Waals surface area contributed by atoms with E-state index in [4.69, 9.17) is 32.9 Å². The van der Waals surface area contributed by atoms with Gasteiger partial charge in [-0.15, -0.1) is 0 Å². The molecule has 0 saturated carbocycles. The largest absolute Gasteiger partial charge is 0.461 e. The highest BCUT2D eigenvalue weighted by Crippen LogP contribution is 2.41. The molecule has 5 heterocycles. The normalized spacial score (nSPS) is 20.4. The second-order valence-corrected chi connectivity index (χ2v) is 12.1. The van der Waals surface area contributed by atoms with Gasteiger partial charge in [0.25, 0.3) is 0 Å². The second kappa shape index (κ2) is 10.2. The van der Waals surface area contributed by atoms with E-state index in [9.17, 15) is 0 Å². The van der Waals surface area contributed by atoms with Gasteiger partial charge in [0.2, 0.25) is 0 Å². The fourth-order valence-corrected chi connectivity index (χ4v) is 7.49. The number of nitrogens with one attached hydrogen (secondary N) is 1. The predicted molar refractivity (Wildman–Crippen MR) is 158 cm³/mol. The number of pyridine rings is 1. The summed E-state index contributed by atoms with van der Waals surface area (Å²) in [7, 11) is 2.00. The van der Waals surface area contributed by atoms with Gasteiger partial charge < -0.3 is 15.0 Å². The zero-order chi connectivity index (χ0) is 27.4. The molecule has 4 aromatic rings. The third kappa shape index (κ3) is 4.36. The van der Waals surface area contributed by atoms with Crippen LogP contribution >= 0.6 is 23.2 Å². The molecule has 1 N–H and O–H groups in total. The number of fused-ring (bicyclic) bond motifs is 3. The fourth-order valence-electron chi connectivity index (χ4n) is 6.88. The molecular weight excluding hydrogens is 550 g/mol. The van der Waals surface area contributed by atoms with Crippen LogP contribution in [0.3, 0.4) is 0 Å². The van der Waals surface area contributed by atoms with Gasteiger partial charge in [-0.1, -0.05) is 41.4 Å². The molecule has 7 nitrogen and oxygen atoms in total. The van der Waals surface area contributed by atoms with E-state index in [0.717, 1.165) is 50.8 Å². The summed E-state index contributed by atoms with van der Waals surface area (Å²) in [5.74, 6) is 0.102. The lowest BCUT2D eigenvalue weighted by Crippen LogP contribution is -2.43. The number of ether oxygens (including phenoxy) is 1. The van der Waals surface area contributed by atoms with Gasteiger partial charge in [0.15, 0.2) is 5.82 Å². The van der Waals surface area contributed by atoms with Crippen LogP contribution < -0.4 is 15.0 Å². The lowest BCUT2D eigenvalue weighted by atomic mass is 9.95. The molecule has 10 heteroatoms. The molecule has 3 aliphatic rings. The number of aromatic nitrogens is 3.